The Labute approximate surface area is 112 Å². The number of carbonyl (C=O) groups excluding carboxylic acids is 2. The first kappa shape index (κ1) is 13.7. The SMILES string of the molecule is COC(C(=O)NC(=O)C1CCCN1)c1ccccc1. The summed E-state index contributed by atoms with van der Waals surface area (Å²) in [4.78, 5) is 23.9. The first-order valence-corrected chi connectivity index (χ1v) is 6.38. The van der Waals surface area contributed by atoms with Gasteiger partial charge in [0.15, 0.2) is 6.10 Å². The normalized spacial score (nSPS) is 19.9. The van der Waals surface area contributed by atoms with Crippen LogP contribution in [0.4, 0.5) is 0 Å². The fraction of sp³-hybridized carbons (Fsp3) is 0.429. The summed E-state index contributed by atoms with van der Waals surface area (Å²) in [6.45, 7) is 0.818. The maximum atomic E-state index is 12.1. The molecule has 2 unspecified atom stereocenters. The van der Waals surface area contributed by atoms with Crippen LogP contribution >= 0.6 is 0 Å². The molecule has 1 aromatic carbocycles. The summed E-state index contributed by atoms with van der Waals surface area (Å²) in [6.07, 6.45) is 0.965. The van der Waals surface area contributed by atoms with Crippen molar-refractivity contribution < 1.29 is 14.3 Å². The predicted octanol–water partition coefficient (Wildman–Crippen LogP) is 0.769. The fourth-order valence-electron chi connectivity index (χ4n) is 2.20. The Morgan fingerprint density at radius 2 is 2.11 bits per heavy atom. The van der Waals surface area contributed by atoms with Crippen molar-refractivity contribution in [2.24, 2.45) is 0 Å². The van der Waals surface area contributed by atoms with Gasteiger partial charge in [0.05, 0.1) is 6.04 Å². The van der Waals surface area contributed by atoms with E-state index >= 15 is 0 Å². The fourth-order valence-corrected chi connectivity index (χ4v) is 2.20. The molecule has 2 atom stereocenters. The quantitative estimate of drug-likeness (QED) is 0.841. The van der Waals surface area contributed by atoms with Crippen molar-refractivity contribution in [1.29, 1.82) is 0 Å². The molecule has 0 aliphatic carbocycles. The minimum atomic E-state index is -0.758. The van der Waals surface area contributed by atoms with Gasteiger partial charge in [0.2, 0.25) is 5.91 Å². The molecular formula is C14H18N2O3. The van der Waals surface area contributed by atoms with Crippen LogP contribution in [0, 0.1) is 0 Å². The van der Waals surface area contributed by atoms with E-state index in [1.54, 1.807) is 12.1 Å². The maximum Gasteiger partial charge on any atom is 0.260 e. The molecule has 0 spiro atoms. The molecule has 19 heavy (non-hydrogen) atoms. The van der Waals surface area contributed by atoms with Gasteiger partial charge < -0.3 is 10.1 Å². The molecule has 0 radical (unpaired) electrons. The number of carbonyl (C=O) groups is 2. The summed E-state index contributed by atoms with van der Waals surface area (Å²) in [7, 11) is 1.45. The van der Waals surface area contributed by atoms with E-state index in [9.17, 15) is 9.59 Å². The van der Waals surface area contributed by atoms with E-state index in [4.69, 9.17) is 4.74 Å². The lowest BCUT2D eigenvalue weighted by Gasteiger charge is -2.16. The number of ether oxygens (including phenoxy) is 1. The number of rotatable bonds is 4. The molecule has 2 amide bonds. The zero-order valence-electron chi connectivity index (χ0n) is 10.9. The largest absolute Gasteiger partial charge is 0.367 e. The van der Waals surface area contributed by atoms with Gasteiger partial charge in [-0.25, -0.2) is 0 Å². The molecule has 0 saturated carbocycles. The Balaban J connectivity index is 1.99. The molecule has 5 heteroatoms. The number of hydrogen-bond acceptors (Lipinski definition) is 4. The van der Waals surface area contributed by atoms with Crippen LogP contribution in [0.25, 0.3) is 0 Å². The van der Waals surface area contributed by atoms with Crippen molar-refractivity contribution in [3.05, 3.63) is 35.9 Å². The number of methoxy groups -OCH3 is 1. The molecule has 1 aromatic rings. The van der Waals surface area contributed by atoms with Gasteiger partial charge in [0, 0.05) is 7.11 Å². The molecule has 0 bridgehead atoms. The van der Waals surface area contributed by atoms with Gasteiger partial charge in [-0.15, -0.1) is 0 Å². The van der Waals surface area contributed by atoms with Gasteiger partial charge >= 0.3 is 0 Å². The number of benzene rings is 1. The van der Waals surface area contributed by atoms with Crippen molar-refractivity contribution in [2.75, 3.05) is 13.7 Å². The van der Waals surface area contributed by atoms with Crippen molar-refractivity contribution in [2.45, 2.75) is 25.0 Å². The van der Waals surface area contributed by atoms with Crippen LogP contribution in [0.15, 0.2) is 30.3 Å². The highest BCUT2D eigenvalue weighted by molar-refractivity contribution is 6.00. The summed E-state index contributed by atoms with van der Waals surface area (Å²) in [5, 5.41) is 5.46. The van der Waals surface area contributed by atoms with Crippen LogP contribution < -0.4 is 10.6 Å². The lowest BCUT2D eigenvalue weighted by molar-refractivity contribution is -0.137. The topological polar surface area (TPSA) is 67.4 Å². The van der Waals surface area contributed by atoms with E-state index in [1.165, 1.54) is 7.11 Å². The molecule has 1 heterocycles. The summed E-state index contributed by atoms with van der Waals surface area (Å²) in [5.74, 6) is -0.701. The molecule has 2 rings (SSSR count). The second-order valence-electron chi connectivity index (χ2n) is 4.53. The summed E-state index contributed by atoms with van der Waals surface area (Å²) in [6, 6.07) is 8.85. The zero-order valence-corrected chi connectivity index (χ0v) is 10.9. The average Bonchev–Trinajstić information content (AvgIpc) is 2.94. The standard InChI is InChI=1S/C14H18N2O3/c1-19-12(10-6-3-2-4-7-10)14(18)16-13(17)11-8-5-9-15-11/h2-4,6-7,11-12,15H,5,8-9H2,1H3,(H,16,17,18). The first-order valence-electron chi connectivity index (χ1n) is 6.38. The van der Waals surface area contributed by atoms with Crippen LogP contribution in [0.5, 0.6) is 0 Å². The number of imide groups is 1. The summed E-state index contributed by atoms with van der Waals surface area (Å²) >= 11 is 0. The van der Waals surface area contributed by atoms with E-state index in [0.29, 0.717) is 0 Å². The molecule has 1 aliphatic rings. The van der Waals surface area contributed by atoms with Gasteiger partial charge in [-0.2, -0.15) is 0 Å². The smallest absolute Gasteiger partial charge is 0.260 e. The van der Waals surface area contributed by atoms with E-state index in [-0.39, 0.29) is 11.9 Å². The maximum absolute atomic E-state index is 12.1. The highest BCUT2D eigenvalue weighted by atomic mass is 16.5. The Morgan fingerprint density at radius 3 is 2.68 bits per heavy atom. The second-order valence-corrected chi connectivity index (χ2v) is 4.53. The lowest BCUT2D eigenvalue weighted by Crippen LogP contribution is -2.45. The first-order chi connectivity index (χ1) is 9.22. The van der Waals surface area contributed by atoms with Crippen molar-refractivity contribution in [3.63, 3.8) is 0 Å². The molecule has 5 nitrogen and oxygen atoms in total. The number of hydrogen-bond donors (Lipinski definition) is 2. The minimum Gasteiger partial charge on any atom is -0.367 e. The van der Waals surface area contributed by atoms with Gasteiger partial charge in [0.1, 0.15) is 0 Å². The molecule has 1 saturated heterocycles. The van der Waals surface area contributed by atoms with Crippen molar-refractivity contribution >= 4 is 11.8 Å². The molecule has 1 aliphatic heterocycles. The van der Waals surface area contributed by atoms with Gasteiger partial charge in [-0.05, 0) is 24.9 Å². The van der Waals surface area contributed by atoms with Crippen LogP contribution in [-0.2, 0) is 14.3 Å². The van der Waals surface area contributed by atoms with Gasteiger partial charge in [-0.1, -0.05) is 30.3 Å². The molecule has 2 N–H and O–H groups in total. The van der Waals surface area contributed by atoms with E-state index < -0.39 is 12.0 Å². The van der Waals surface area contributed by atoms with Gasteiger partial charge in [0.25, 0.3) is 5.91 Å². The Kier molecular flexibility index (Phi) is 4.65. The lowest BCUT2D eigenvalue weighted by atomic mass is 10.1. The second kappa shape index (κ2) is 6.45. The van der Waals surface area contributed by atoms with Crippen LogP contribution in [0.2, 0.25) is 0 Å². The monoisotopic (exact) mass is 262 g/mol. The highest BCUT2D eigenvalue weighted by Crippen LogP contribution is 2.16. The summed E-state index contributed by atoms with van der Waals surface area (Å²) in [5.41, 5.74) is 0.731. The molecule has 1 fully saturated rings. The van der Waals surface area contributed by atoms with Crippen molar-refractivity contribution in [1.82, 2.24) is 10.6 Å². The van der Waals surface area contributed by atoms with E-state index in [1.807, 2.05) is 18.2 Å². The van der Waals surface area contributed by atoms with E-state index in [0.717, 1.165) is 24.9 Å². The Morgan fingerprint density at radius 1 is 1.37 bits per heavy atom. The average molecular weight is 262 g/mol. The third-order valence-corrected chi connectivity index (χ3v) is 3.20. The third kappa shape index (κ3) is 3.39. The number of amides is 2. The Bertz CT molecular complexity index is 441. The predicted molar refractivity (Wildman–Crippen MR) is 70.4 cm³/mol. The third-order valence-electron chi connectivity index (χ3n) is 3.20. The van der Waals surface area contributed by atoms with Crippen LogP contribution in [0.3, 0.4) is 0 Å². The van der Waals surface area contributed by atoms with E-state index in [2.05, 4.69) is 10.6 Å². The molecule has 102 valence electrons. The van der Waals surface area contributed by atoms with Gasteiger partial charge in [-0.3, -0.25) is 14.9 Å². The molecule has 0 aromatic heterocycles. The zero-order chi connectivity index (χ0) is 13.7. The highest BCUT2D eigenvalue weighted by Gasteiger charge is 2.27. The molecular weight excluding hydrogens is 244 g/mol. The Hall–Kier alpha value is -1.72. The van der Waals surface area contributed by atoms with Crippen LogP contribution in [0.1, 0.15) is 24.5 Å². The number of nitrogens with one attached hydrogen (secondary N) is 2. The minimum absolute atomic E-state index is 0.266. The van der Waals surface area contributed by atoms with Crippen LogP contribution in [-0.4, -0.2) is 31.5 Å². The summed E-state index contributed by atoms with van der Waals surface area (Å²) < 4.78 is 5.18. The van der Waals surface area contributed by atoms with Crippen molar-refractivity contribution in [3.8, 4) is 0 Å².